The van der Waals surface area contributed by atoms with Crippen molar-refractivity contribution in [3.63, 3.8) is 0 Å². The quantitative estimate of drug-likeness (QED) is 0.217. The van der Waals surface area contributed by atoms with Gasteiger partial charge in [-0.1, -0.05) is 46.2 Å². The molecule has 2 amide bonds. The van der Waals surface area contributed by atoms with Gasteiger partial charge >= 0.3 is 0 Å². The fraction of sp³-hybridized carbons (Fsp3) is 0.462. The Morgan fingerprint density at radius 2 is 1.54 bits per heavy atom. The van der Waals surface area contributed by atoms with E-state index in [1.54, 1.807) is 14.1 Å². The minimum absolute atomic E-state index is 0.163. The molecule has 1 unspecified atom stereocenters. The summed E-state index contributed by atoms with van der Waals surface area (Å²) in [5.74, 6) is -3.37. The molecule has 13 heteroatoms. The zero-order valence-electron chi connectivity index (χ0n) is 23.8. The molecule has 0 spiro atoms. The van der Waals surface area contributed by atoms with E-state index < -0.39 is 40.8 Å². The maximum absolute atomic E-state index is 14.5. The van der Waals surface area contributed by atoms with E-state index in [1.165, 1.54) is 39.0 Å². The Morgan fingerprint density at radius 3 is 1.95 bits per heavy atom. The third-order valence-electron chi connectivity index (χ3n) is 4.37. The lowest BCUT2D eigenvalue weighted by Crippen LogP contribution is -2.40. The van der Waals surface area contributed by atoms with E-state index in [9.17, 15) is 22.6 Å². The van der Waals surface area contributed by atoms with Crippen molar-refractivity contribution < 1.29 is 32.5 Å². The van der Waals surface area contributed by atoms with Crippen molar-refractivity contribution in [2.45, 2.75) is 39.5 Å². The molecular weight excluding hydrogens is 554 g/mol. The Balaban J connectivity index is 0. The van der Waals surface area contributed by atoms with Gasteiger partial charge in [0.15, 0.2) is 17.4 Å². The first-order valence-electron chi connectivity index (χ1n) is 12.3. The van der Waals surface area contributed by atoms with Crippen molar-refractivity contribution in [2.24, 2.45) is 0 Å². The second kappa shape index (κ2) is 22.2. The van der Waals surface area contributed by atoms with E-state index in [0.29, 0.717) is 18.1 Å². The van der Waals surface area contributed by atoms with E-state index in [1.807, 2.05) is 46.6 Å². The molecular formula is C26H41ClF2N4O5S. The number of hydroxylamine groups is 1. The predicted molar refractivity (Wildman–Crippen MR) is 151 cm³/mol. The zero-order valence-corrected chi connectivity index (χ0v) is 25.4. The summed E-state index contributed by atoms with van der Waals surface area (Å²) in [4.78, 5) is 24.2. The van der Waals surface area contributed by atoms with Crippen LogP contribution in [0.15, 0.2) is 41.3 Å². The number of nitrogens with zero attached hydrogens (tertiary/aromatic N) is 3. The van der Waals surface area contributed by atoms with Crippen LogP contribution in [0, 0.1) is 11.6 Å². The Kier molecular flexibility index (Phi) is 21.9. The molecule has 39 heavy (non-hydrogen) atoms. The number of hydrogen-bond acceptors (Lipinski definition) is 6. The minimum atomic E-state index is -2.06. The van der Waals surface area contributed by atoms with Gasteiger partial charge in [-0.25, -0.2) is 22.8 Å². The van der Waals surface area contributed by atoms with Gasteiger partial charge in [-0.15, -0.1) is 0 Å². The van der Waals surface area contributed by atoms with E-state index in [-0.39, 0.29) is 17.2 Å². The highest BCUT2D eigenvalue weighted by Gasteiger charge is 2.23. The van der Waals surface area contributed by atoms with Crippen LogP contribution in [0.1, 0.15) is 34.6 Å². The normalized spacial score (nSPS) is 10.6. The molecule has 0 aliphatic carbocycles. The molecule has 0 fully saturated rings. The van der Waals surface area contributed by atoms with Gasteiger partial charge in [0.05, 0.1) is 11.4 Å². The zero-order chi connectivity index (χ0) is 30.5. The van der Waals surface area contributed by atoms with E-state index in [0.717, 1.165) is 18.5 Å². The lowest BCUT2D eigenvalue weighted by atomic mass is 10.3. The average Bonchev–Trinajstić information content (AvgIpc) is 2.95. The monoisotopic (exact) mass is 594 g/mol. The molecule has 0 saturated carbocycles. The molecule has 2 N–H and O–H groups in total. The number of halogens is 3. The summed E-state index contributed by atoms with van der Waals surface area (Å²) in [6.07, 6.45) is 0.750. The fourth-order valence-electron chi connectivity index (χ4n) is 2.36. The number of amides is 2. The van der Waals surface area contributed by atoms with Crippen LogP contribution in [-0.4, -0.2) is 83.2 Å². The molecule has 0 aliphatic rings. The molecule has 0 aromatic heterocycles. The van der Waals surface area contributed by atoms with Crippen LogP contribution in [0.5, 0.6) is 11.5 Å². The van der Waals surface area contributed by atoms with Crippen molar-refractivity contribution in [3.8, 4) is 11.5 Å². The molecule has 2 aromatic carbocycles. The summed E-state index contributed by atoms with van der Waals surface area (Å²) in [5, 5.41) is 9.20. The van der Waals surface area contributed by atoms with Crippen LogP contribution in [-0.2, 0) is 20.6 Å². The van der Waals surface area contributed by atoms with Crippen LogP contribution >= 0.6 is 11.6 Å². The first-order chi connectivity index (χ1) is 18.5. The third kappa shape index (κ3) is 15.5. The Hall–Kier alpha value is -2.64. The summed E-state index contributed by atoms with van der Waals surface area (Å²) in [6, 6.07) is 7.69. The molecule has 0 radical (unpaired) electrons. The van der Waals surface area contributed by atoms with E-state index in [4.69, 9.17) is 21.5 Å². The number of ether oxygens (including phenoxy) is 1. The van der Waals surface area contributed by atoms with Crippen molar-refractivity contribution in [1.29, 1.82) is 0 Å². The van der Waals surface area contributed by atoms with Gasteiger partial charge in [-0.3, -0.25) is 14.8 Å². The van der Waals surface area contributed by atoms with Crippen LogP contribution in [0.4, 0.5) is 8.78 Å². The smallest absolute Gasteiger partial charge is 0.258 e. The predicted octanol–water partition coefficient (Wildman–Crippen LogP) is 4.95. The van der Waals surface area contributed by atoms with Gasteiger partial charge in [0.25, 0.3) is 5.91 Å². The second-order valence-corrected chi connectivity index (χ2v) is 9.31. The largest absolute Gasteiger partial charge is 0.451 e. The van der Waals surface area contributed by atoms with Gasteiger partial charge in [0.2, 0.25) is 6.41 Å². The highest BCUT2D eigenvalue weighted by atomic mass is 35.5. The first-order valence-corrected chi connectivity index (χ1v) is 13.8. The maximum atomic E-state index is 14.5. The standard InChI is InChI=1S/C19H22ClF2N3O4S.C3H7NO.2C2H6/c1-3-24(2)8-9-25(12-18(26)23-27)30(28)15-10-16(21)19(17(22)11-15)29-14-6-4-13(20)5-7-14;1-4(2)3-5;2*1-2/h4-7,10-11,27H,3,8-9,12H2,1-2H3,(H,23,26);3H,1-2H3;2*1-2H3. The SMILES string of the molecule is CC.CC.CCN(C)CCN(CC(=O)NO)S(=O)c1cc(F)c(Oc2ccc(Cl)cc2)c(F)c1.CN(C)C=O. The number of rotatable bonds is 11. The number of benzene rings is 2. The molecule has 2 rings (SSSR count). The molecule has 0 saturated heterocycles. The second-order valence-electron chi connectivity index (χ2n) is 7.38. The van der Waals surface area contributed by atoms with Crippen molar-refractivity contribution in [1.82, 2.24) is 19.6 Å². The highest BCUT2D eigenvalue weighted by molar-refractivity contribution is 7.82. The van der Waals surface area contributed by atoms with Crippen LogP contribution in [0.3, 0.4) is 0 Å². The highest BCUT2D eigenvalue weighted by Crippen LogP contribution is 2.30. The summed E-state index contributed by atoms with van der Waals surface area (Å²) in [5.41, 5.74) is 1.46. The van der Waals surface area contributed by atoms with E-state index in [2.05, 4.69) is 0 Å². The van der Waals surface area contributed by atoms with Gasteiger partial charge in [-0.05, 0) is 50.0 Å². The summed E-state index contributed by atoms with van der Waals surface area (Å²) in [7, 11) is 3.15. The number of carbonyl (C=O) groups excluding carboxylic acids is 2. The molecule has 0 bridgehead atoms. The minimum Gasteiger partial charge on any atom is -0.451 e. The van der Waals surface area contributed by atoms with Gasteiger partial charge in [-0.2, -0.15) is 0 Å². The van der Waals surface area contributed by atoms with Gasteiger partial charge in [0.1, 0.15) is 16.7 Å². The lowest BCUT2D eigenvalue weighted by molar-refractivity contribution is -0.129. The van der Waals surface area contributed by atoms with Crippen LogP contribution < -0.4 is 10.2 Å². The first kappa shape index (κ1) is 38.5. The topological polar surface area (TPSA) is 102 Å². The van der Waals surface area contributed by atoms with Crippen molar-refractivity contribution >= 4 is 34.9 Å². The van der Waals surface area contributed by atoms with Crippen molar-refractivity contribution in [2.75, 3.05) is 47.3 Å². The summed E-state index contributed by atoms with van der Waals surface area (Å²) < 4.78 is 48.4. The fourth-order valence-corrected chi connectivity index (χ4v) is 3.68. The maximum Gasteiger partial charge on any atom is 0.258 e. The molecule has 0 heterocycles. The Morgan fingerprint density at radius 1 is 1.05 bits per heavy atom. The number of nitrogens with one attached hydrogen (secondary N) is 1. The van der Waals surface area contributed by atoms with Crippen LogP contribution in [0.25, 0.3) is 0 Å². The van der Waals surface area contributed by atoms with E-state index >= 15 is 0 Å². The molecule has 9 nitrogen and oxygen atoms in total. The van der Waals surface area contributed by atoms with Gasteiger partial charge < -0.3 is 14.5 Å². The third-order valence-corrected chi connectivity index (χ3v) is 6.04. The molecule has 222 valence electrons. The Bertz CT molecular complexity index is 978. The lowest BCUT2D eigenvalue weighted by Gasteiger charge is -2.23. The van der Waals surface area contributed by atoms with Crippen LogP contribution in [0.2, 0.25) is 5.02 Å². The molecule has 1 atom stereocenters. The number of likely N-dealkylation sites (N-methyl/N-ethyl adjacent to an activating group) is 1. The average molecular weight is 595 g/mol. The number of carbonyl (C=O) groups is 2. The summed E-state index contributed by atoms with van der Waals surface area (Å²) >= 11 is 5.77. The molecule has 0 aliphatic heterocycles. The Labute approximate surface area is 238 Å². The summed E-state index contributed by atoms with van der Waals surface area (Å²) in [6.45, 7) is 10.8. The number of hydrogen-bond donors (Lipinski definition) is 2. The van der Waals surface area contributed by atoms with Gasteiger partial charge in [0, 0.05) is 32.2 Å². The molecule has 2 aromatic rings. The van der Waals surface area contributed by atoms with Crippen molar-refractivity contribution in [3.05, 3.63) is 53.1 Å².